The van der Waals surface area contributed by atoms with E-state index in [1.54, 1.807) is 0 Å². The Hall–Kier alpha value is -3.86. The lowest BCUT2D eigenvalue weighted by Crippen LogP contribution is -2.15. The molecule has 0 aliphatic heterocycles. The number of aromatic carboxylic acids is 4. The molecular formula is C18H16O14S2. The second-order valence-electron chi connectivity index (χ2n) is 6.45. The van der Waals surface area contributed by atoms with Crippen molar-refractivity contribution < 1.29 is 65.5 Å². The summed E-state index contributed by atoms with van der Waals surface area (Å²) in [4.78, 5) is 41.2. The fourth-order valence-corrected chi connectivity index (χ4v) is 4.45. The zero-order valence-corrected chi connectivity index (χ0v) is 18.7. The van der Waals surface area contributed by atoms with E-state index in [9.17, 15) is 36.0 Å². The van der Waals surface area contributed by atoms with Crippen LogP contribution < -0.4 is 0 Å². The molecule has 2 aromatic carbocycles. The lowest BCUT2D eigenvalue weighted by atomic mass is 9.99. The monoisotopic (exact) mass is 520 g/mol. The quantitative estimate of drug-likeness (QED) is 0.293. The van der Waals surface area contributed by atoms with Gasteiger partial charge in [-0.25, -0.2) is 19.2 Å². The van der Waals surface area contributed by atoms with E-state index in [-0.39, 0.29) is 16.7 Å². The maximum Gasteiger partial charge on any atom is 0.337 e. The summed E-state index contributed by atoms with van der Waals surface area (Å²) in [6, 6.07) is 3.22. The van der Waals surface area contributed by atoms with Gasteiger partial charge in [-0.3, -0.25) is 9.11 Å². The average molecular weight is 520 g/mol. The molecule has 14 nitrogen and oxygen atoms in total. The van der Waals surface area contributed by atoms with Crippen LogP contribution in [0, 0.1) is 13.8 Å². The van der Waals surface area contributed by atoms with E-state index in [1.807, 2.05) is 0 Å². The van der Waals surface area contributed by atoms with Crippen molar-refractivity contribution in [3.63, 3.8) is 0 Å². The summed E-state index contributed by atoms with van der Waals surface area (Å²) in [5.41, 5.74) is -2.32. The maximum atomic E-state index is 11.2. The molecule has 0 saturated heterocycles. The first kappa shape index (κ1) is 28.2. The molecule has 34 heavy (non-hydrogen) atoms. The van der Waals surface area contributed by atoms with Crippen molar-refractivity contribution in [3.8, 4) is 0 Å². The second kappa shape index (κ2) is 9.96. The van der Waals surface area contributed by atoms with Crippen molar-refractivity contribution in [2.75, 3.05) is 0 Å². The molecule has 0 unspecified atom stereocenters. The summed E-state index contributed by atoms with van der Waals surface area (Å²) in [5, 5.41) is 35.0. The summed E-state index contributed by atoms with van der Waals surface area (Å²) >= 11 is 0. The van der Waals surface area contributed by atoms with Crippen molar-refractivity contribution in [2.24, 2.45) is 0 Å². The molecule has 16 heteroatoms. The Morgan fingerprint density at radius 3 is 1.53 bits per heavy atom. The number of hydrogen-bond donors (Lipinski definition) is 6. The van der Waals surface area contributed by atoms with Gasteiger partial charge in [0.05, 0.1) is 22.3 Å². The number of carboxylic acid groups (broad SMARTS) is 4. The summed E-state index contributed by atoms with van der Waals surface area (Å²) < 4.78 is 61.7. The average Bonchev–Trinajstić information content (AvgIpc) is 2.65. The number of benzene rings is 2. The topological polar surface area (TPSA) is 258 Å². The number of rotatable bonds is 6. The Bertz CT molecular complexity index is 1420. The van der Waals surface area contributed by atoms with Gasteiger partial charge in [-0.15, -0.1) is 0 Å². The standard InChI is InChI=1S/C10H10O7S.C8H6O7S/c1-4-3-6(9(11)12)8(18(15,16)17)5(2)7(4)10(13)14;9-7(10)4-1-2-5(8(11)12)6(3-4)16(13,14)15/h3H,1-2H3,(H,11,12)(H,13,14)(H,15,16,17);1-3H,(H,9,10)(H,11,12)(H,13,14,15). The van der Waals surface area contributed by atoms with Crippen LogP contribution in [0.3, 0.4) is 0 Å². The van der Waals surface area contributed by atoms with Crippen molar-refractivity contribution in [1.29, 1.82) is 0 Å². The molecule has 0 aromatic heterocycles. The van der Waals surface area contributed by atoms with E-state index in [1.165, 1.54) is 6.92 Å². The Morgan fingerprint density at radius 1 is 0.676 bits per heavy atom. The van der Waals surface area contributed by atoms with Gasteiger partial charge >= 0.3 is 23.9 Å². The van der Waals surface area contributed by atoms with E-state index in [0.717, 1.165) is 25.1 Å². The van der Waals surface area contributed by atoms with E-state index in [0.29, 0.717) is 6.07 Å². The van der Waals surface area contributed by atoms with Gasteiger partial charge in [-0.1, -0.05) is 0 Å². The van der Waals surface area contributed by atoms with E-state index < -0.39 is 70.6 Å². The number of aryl methyl sites for hydroxylation is 1. The van der Waals surface area contributed by atoms with Gasteiger partial charge in [0, 0.05) is 0 Å². The highest BCUT2D eigenvalue weighted by molar-refractivity contribution is 7.86. The molecule has 0 amide bonds. The van der Waals surface area contributed by atoms with Crippen molar-refractivity contribution in [1.82, 2.24) is 0 Å². The van der Waals surface area contributed by atoms with Gasteiger partial charge < -0.3 is 20.4 Å². The van der Waals surface area contributed by atoms with Gasteiger partial charge in [0.15, 0.2) is 0 Å². The number of carbonyl (C=O) groups is 4. The second-order valence-corrected chi connectivity index (χ2v) is 9.20. The van der Waals surface area contributed by atoms with Crippen LogP contribution in [0.15, 0.2) is 34.1 Å². The largest absolute Gasteiger partial charge is 0.478 e. The van der Waals surface area contributed by atoms with Crippen LogP contribution in [0.2, 0.25) is 0 Å². The van der Waals surface area contributed by atoms with E-state index in [2.05, 4.69) is 0 Å². The summed E-state index contributed by atoms with van der Waals surface area (Å²) in [7, 11) is -9.60. The Balaban J connectivity index is 0.000000342. The van der Waals surface area contributed by atoms with Gasteiger partial charge in [0.25, 0.3) is 20.2 Å². The fraction of sp³-hybridized carbons (Fsp3) is 0.111. The molecule has 0 radical (unpaired) electrons. The Labute approximate surface area is 191 Å². The van der Waals surface area contributed by atoms with Crippen LogP contribution in [0.4, 0.5) is 0 Å². The predicted molar refractivity (Wildman–Crippen MR) is 110 cm³/mol. The Morgan fingerprint density at radius 2 is 1.18 bits per heavy atom. The summed E-state index contributed by atoms with van der Waals surface area (Å²) in [5.74, 6) is -5.97. The van der Waals surface area contributed by atoms with Crippen LogP contribution in [0.25, 0.3) is 0 Å². The van der Waals surface area contributed by atoms with Crippen LogP contribution in [-0.2, 0) is 20.2 Å². The molecule has 184 valence electrons. The minimum atomic E-state index is -4.83. The molecular weight excluding hydrogens is 504 g/mol. The first-order valence-corrected chi connectivity index (χ1v) is 11.3. The van der Waals surface area contributed by atoms with Crippen LogP contribution >= 0.6 is 0 Å². The highest BCUT2D eigenvalue weighted by Gasteiger charge is 2.28. The van der Waals surface area contributed by atoms with Gasteiger partial charge in [-0.2, -0.15) is 16.8 Å². The third kappa shape index (κ3) is 6.35. The van der Waals surface area contributed by atoms with Crippen molar-refractivity contribution in [3.05, 3.63) is 57.6 Å². The molecule has 0 aliphatic rings. The summed E-state index contributed by atoms with van der Waals surface area (Å²) in [6.07, 6.45) is 0. The molecule has 0 atom stereocenters. The number of hydrogen-bond acceptors (Lipinski definition) is 8. The molecule has 0 aliphatic carbocycles. The zero-order valence-electron chi connectivity index (χ0n) is 17.1. The van der Waals surface area contributed by atoms with Crippen LogP contribution in [0.1, 0.15) is 52.6 Å². The molecule has 0 bridgehead atoms. The smallest absolute Gasteiger partial charge is 0.337 e. The van der Waals surface area contributed by atoms with Crippen molar-refractivity contribution in [2.45, 2.75) is 23.6 Å². The molecule has 0 spiro atoms. The normalized spacial score (nSPS) is 11.2. The SMILES string of the molecule is Cc1cc(C(=O)O)c(S(=O)(=O)O)c(C)c1C(=O)O.O=C(O)c1ccc(C(=O)O)c(S(=O)(=O)O)c1. The first-order chi connectivity index (χ1) is 15.3. The lowest BCUT2D eigenvalue weighted by molar-refractivity contribution is 0.0676. The van der Waals surface area contributed by atoms with E-state index in [4.69, 9.17) is 29.5 Å². The fourth-order valence-electron chi connectivity index (χ4n) is 2.83. The summed E-state index contributed by atoms with van der Waals surface area (Å²) in [6.45, 7) is 2.47. The van der Waals surface area contributed by atoms with Gasteiger partial charge in [0.1, 0.15) is 9.79 Å². The predicted octanol–water partition coefficient (Wildman–Crippen LogP) is 1.28. The molecule has 6 N–H and O–H groups in total. The minimum Gasteiger partial charge on any atom is -0.478 e. The van der Waals surface area contributed by atoms with Gasteiger partial charge in [-0.05, 0) is 49.2 Å². The number of carboxylic acids is 4. The molecule has 0 saturated carbocycles. The van der Waals surface area contributed by atoms with Crippen LogP contribution in [0.5, 0.6) is 0 Å². The molecule has 2 aromatic rings. The molecule has 0 fully saturated rings. The molecule has 2 rings (SSSR count). The lowest BCUT2D eigenvalue weighted by Gasteiger charge is -2.12. The molecule has 0 heterocycles. The maximum absolute atomic E-state index is 11.2. The third-order valence-electron chi connectivity index (χ3n) is 4.15. The van der Waals surface area contributed by atoms with Gasteiger partial charge in [0.2, 0.25) is 0 Å². The zero-order chi connectivity index (χ0) is 26.8. The first-order valence-electron chi connectivity index (χ1n) is 8.47. The minimum absolute atomic E-state index is 0.102. The Kier molecular flexibility index (Phi) is 8.25. The van der Waals surface area contributed by atoms with Crippen LogP contribution in [-0.4, -0.2) is 70.2 Å². The van der Waals surface area contributed by atoms with Crippen molar-refractivity contribution >= 4 is 44.1 Å². The highest BCUT2D eigenvalue weighted by Crippen LogP contribution is 2.27. The third-order valence-corrected chi connectivity index (χ3v) is 6.09. The van der Waals surface area contributed by atoms with E-state index >= 15 is 0 Å². The highest BCUT2D eigenvalue weighted by atomic mass is 32.2.